The largest absolute Gasteiger partial charge is 0.448 e. The van der Waals surface area contributed by atoms with Crippen LogP contribution < -0.4 is 5.43 Å². The second-order valence-corrected chi connectivity index (χ2v) is 6.23. The predicted octanol–water partition coefficient (Wildman–Crippen LogP) is 3.47. The molecule has 0 aliphatic rings. The van der Waals surface area contributed by atoms with Crippen molar-refractivity contribution >= 4 is 34.9 Å². The van der Waals surface area contributed by atoms with Gasteiger partial charge >= 0.3 is 0 Å². The first-order valence-corrected chi connectivity index (χ1v) is 8.56. The van der Waals surface area contributed by atoms with Gasteiger partial charge in [-0.05, 0) is 48.2 Å². The number of amides is 1. The number of aromatic amines is 1. The molecule has 4 aromatic rings. The summed E-state index contributed by atoms with van der Waals surface area (Å²) in [7, 11) is 0. The fourth-order valence-electron chi connectivity index (χ4n) is 2.24. The molecule has 0 saturated heterocycles. The highest BCUT2D eigenvalue weighted by atomic mass is 32.2. The van der Waals surface area contributed by atoms with Crippen LogP contribution in [0.4, 0.5) is 0 Å². The number of rotatable bonds is 5. The summed E-state index contributed by atoms with van der Waals surface area (Å²) in [4.78, 5) is 23.5. The van der Waals surface area contributed by atoms with Crippen molar-refractivity contribution in [1.29, 1.82) is 0 Å². The van der Waals surface area contributed by atoms with Crippen LogP contribution in [0.1, 0.15) is 16.2 Å². The number of carbonyl (C=O) groups is 1. The first kappa shape index (κ1) is 16.1. The van der Waals surface area contributed by atoms with E-state index in [9.17, 15) is 4.79 Å². The number of para-hydroxylation sites is 2. The van der Waals surface area contributed by atoms with E-state index < -0.39 is 0 Å². The lowest BCUT2D eigenvalue weighted by molar-refractivity contribution is 0.0950. The number of pyridine rings is 1. The third-order valence-electron chi connectivity index (χ3n) is 3.42. The number of imidazole rings is 1. The van der Waals surface area contributed by atoms with Crippen LogP contribution in [0.3, 0.4) is 0 Å². The van der Waals surface area contributed by atoms with Gasteiger partial charge in [0.05, 0.1) is 17.2 Å². The average molecular weight is 363 g/mol. The number of hydrogen-bond donors (Lipinski definition) is 2. The van der Waals surface area contributed by atoms with Gasteiger partial charge in [0.25, 0.3) is 5.91 Å². The topological polar surface area (TPSA) is 96.2 Å². The number of benzene rings is 1. The van der Waals surface area contributed by atoms with Crippen LogP contribution in [-0.2, 0) is 0 Å². The summed E-state index contributed by atoms with van der Waals surface area (Å²) in [5, 5.41) is 5.29. The number of H-pyrrole nitrogens is 1. The van der Waals surface area contributed by atoms with E-state index in [1.807, 2.05) is 30.3 Å². The SMILES string of the molecule is O=C(N/N=C\c1ccc(Sc2nc3ccccc3[nH]2)o1)c1ccccn1. The van der Waals surface area contributed by atoms with Crippen LogP contribution in [0, 0.1) is 0 Å². The number of nitrogens with one attached hydrogen (secondary N) is 2. The molecule has 1 amide bonds. The average Bonchev–Trinajstić information content (AvgIpc) is 3.28. The lowest BCUT2D eigenvalue weighted by atomic mass is 10.3. The molecule has 26 heavy (non-hydrogen) atoms. The first-order chi connectivity index (χ1) is 12.8. The van der Waals surface area contributed by atoms with E-state index in [-0.39, 0.29) is 5.91 Å². The second kappa shape index (κ2) is 7.24. The number of hydrogen-bond acceptors (Lipinski definition) is 6. The van der Waals surface area contributed by atoms with Crippen molar-refractivity contribution in [1.82, 2.24) is 20.4 Å². The molecule has 0 radical (unpaired) electrons. The predicted molar refractivity (Wildman–Crippen MR) is 98.2 cm³/mol. The van der Waals surface area contributed by atoms with Gasteiger partial charge in [-0.3, -0.25) is 9.78 Å². The van der Waals surface area contributed by atoms with Gasteiger partial charge in [-0.1, -0.05) is 18.2 Å². The molecule has 3 heterocycles. The molecule has 3 aromatic heterocycles. The lowest BCUT2D eigenvalue weighted by Gasteiger charge is -1.96. The lowest BCUT2D eigenvalue weighted by Crippen LogP contribution is -2.18. The minimum atomic E-state index is -0.384. The normalized spacial score (nSPS) is 11.2. The smallest absolute Gasteiger partial charge is 0.289 e. The van der Waals surface area contributed by atoms with E-state index >= 15 is 0 Å². The molecular weight excluding hydrogens is 350 g/mol. The zero-order chi connectivity index (χ0) is 17.8. The van der Waals surface area contributed by atoms with Gasteiger partial charge in [0, 0.05) is 6.20 Å². The molecule has 0 unspecified atom stereocenters. The molecule has 4 rings (SSSR count). The van der Waals surface area contributed by atoms with Gasteiger partial charge in [0.15, 0.2) is 10.2 Å². The Morgan fingerprint density at radius 2 is 2.04 bits per heavy atom. The van der Waals surface area contributed by atoms with Crippen molar-refractivity contribution < 1.29 is 9.21 Å². The minimum Gasteiger partial charge on any atom is -0.448 e. The molecule has 1 aromatic carbocycles. The van der Waals surface area contributed by atoms with Gasteiger partial charge < -0.3 is 9.40 Å². The van der Waals surface area contributed by atoms with Crippen molar-refractivity contribution in [2.45, 2.75) is 10.2 Å². The molecule has 128 valence electrons. The van der Waals surface area contributed by atoms with Crippen molar-refractivity contribution in [3.63, 3.8) is 0 Å². The summed E-state index contributed by atoms with van der Waals surface area (Å²) in [6.45, 7) is 0. The Hall–Kier alpha value is -3.39. The summed E-state index contributed by atoms with van der Waals surface area (Å²) >= 11 is 1.38. The standard InChI is InChI=1S/C18H13N5O2S/c24-17(15-7-3-4-10-19-15)23-20-11-12-8-9-16(25-12)26-18-21-13-5-1-2-6-14(13)22-18/h1-11H,(H,21,22)(H,23,24)/b20-11-. The molecule has 0 spiro atoms. The van der Waals surface area contributed by atoms with Crippen LogP contribution in [0.15, 0.2) is 80.6 Å². The van der Waals surface area contributed by atoms with Gasteiger partial charge in [0.2, 0.25) is 0 Å². The maximum atomic E-state index is 11.8. The number of furan rings is 1. The second-order valence-electron chi connectivity index (χ2n) is 5.23. The number of hydrazone groups is 1. The Morgan fingerprint density at radius 3 is 2.88 bits per heavy atom. The Bertz CT molecular complexity index is 1040. The minimum absolute atomic E-state index is 0.297. The third kappa shape index (κ3) is 3.65. The number of carbonyl (C=O) groups excluding carboxylic acids is 1. The van der Waals surface area contributed by atoms with Crippen molar-refractivity contribution in [2.24, 2.45) is 5.10 Å². The molecule has 0 saturated carbocycles. The van der Waals surface area contributed by atoms with E-state index in [0.717, 1.165) is 16.2 Å². The van der Waals surface area contributed by atoms with Crippen LogP contribution >= 0.6 is 11.8 Å². The summed E-state index contributed by atoms with van der Waals surface area (Å²) < 4.78 is 5.66. The molecule has 0 aliphatic heterocycles. The van der Waals surface area contributed by atoms with E-state index in [1.54, 1.807) is 30.5 Å². The summed E-state index contributed by atoms with van der Waals surface area (Å²) in [6, 6.07) is 16.5. The molecule has 0 bridgehead atoms. The quantitative estimate of drug-likeness (QED) is 0.418. The van der Waals surface area contributed by atoms with E-state index in [1.165, 1.54) is 18.0 Å². The fraction of sp³-hybridized carbons (Fsp3) is 0. The summed E-state index contributed by atoms with van der Waals surface area (Å²) in [6.07, 6.45) is 2.98. The van der Waals surface area contributed by atoms with Crippen molar-refractivity contribution in [2.75, 3.05) is 0 Å². The Balaban J connectivity index is 1.39. The van der Waals surface area contributed by atoms with Crippen LogP contribution in [0.2, 0.25) is 0 Å². The van der Waals surface area contributed by atoms with E-state index in [0.29, 0.717) is 16.5 Å². The van der Waals surface area contributed by atoms with Crippen LogP contribution in [-0.4, -0.2) is 27.1 Å². The molecule has 8 heteroatoms. The Labute approximate surface area is 152 Å². The first-order valence-electron chi connectivity index (χ1n) is 7.75. The molecule has 7 nitrogen and oxygen atoms in total. The highest BCUT2D eigenvalue weighted by molar-refractivity contribution is 7.99. The van der Waals surface area contributed by atoms with Gasteiger partial charge in [-0.15, -0.1) is 0 Å². The molecule has 0 atom stereocenters. The Kier molecular flexibility index (Phi) is 4.48. The van der Waals surface area contributed by atoms with Gasteiger partial charge in [0.1, 0.15) is 11.5 Å². The summed E-state index contributed by atoms with van der Waals surface area (Å²) in [5.74, 6) is 0.134. The monoisotopic (exact) mass is 363 g/mol. The molecule has 2 N–H and O–H groups in total. The van der Waals surface area contributed by atoms with Crippen molar-refractivity contribution in [3.05, 3.63) is 72.2 Å². The zero-order valence-corrected chi connectivity index (χ0v) is 14.2. The van der Waals surface area contributed by atoms with Gasteiger partial charge in [-0.25, -0.2) is 10.4 Å². The van der Waals surface area contributed by atoms with E-state index in [4.69, 9.17) is 4.42 Å². The number of fused-ring (bicyclic) bond motifs is 1. The third-order valence-corrected chi connectivity index (χ3v) is 4.23. The number of nitrogens with zero attached hydrogens (tertiary/aromatic N) is 3. The molecule has 0 aliphatic carbocycles. The summed E-state index contributed by atoms with van der Waals surface area (Å²) in [5.41, 5.74) is 4.58. The fourth-order valence-corrected chi connectivity index (χ4v) is 3.01. The maximum absolute atomic E-state index is 11.8. The van der Waals surface area contributed by atoms with Crippen LogP contribution in [0.5, 0.6) is 0 Å². The Morgan fingerprint density at radius 1 is 1.15 bits per heavy atom. The van der Waals surface area contributed by atoms with E-state index in [2.05, 4.69) is 25.5 Å². The zero-order valence-electron chi connectivity index (χ0n) is 13.4. The van der Waals surface area contributed by atoms with Crippen molar-refractivity contribution in [3.8, 4) is 0 Å². The van der Waals surface area contributed by atoms with Crippen LogP contribution in [0.25, 0.3) is 11.0 Å². The number of aromatic nitrogens is 3. The highest BCUT2D eigenvalue weighted by Gasteiger charge is 2.08. The van der Waals surface area contributed by atoms with Gasteiger partial charge in [-0.2, -0.15) is 5.10 Å². The molecule has 0 fully saturated rings. The maximum Gasteiger partial charge on any atom is 0.289 e. The highest BCUT2D eigenvalue weighted by Crippen LogP contribution is 2.28. The molecular formula is C18H13N5O2S.